The van der Waals surface area contributed by atoms with Crippen molar-refractivity contribution in [3.63, 3.8) is 0 Å². The first-order valence-electron chi connectivity index (χ1n) is 6.22. The molecule has 0 heterocycles. The van der Waals surface area contributed by atoms with Crippen molar-refractivity contribution in [1.29, 1.82) is 0 Å². The van der Waals surface area contributed by atoms with Gasteiger partial charge in [0.15, 0.2) is 0 Å². The first-order valence-corrected chi connectivity index (χ1v) is 8.56. The summed E-state index contributed by atoms with van der Waals surface area (Å²) in [5.74, 6) is -0.366. The first-order chi connectivity index (χ1) is 10.3. The van der Waals surface area contributed by atoms with Gasteiger partial charge in [0.1, 0.15) is 0 Å². The highest BCUT2D eigenvalue weighted by atomic mass is 79.9. The number of hydrogen-bond donors (Lipinski definition) is 2. The second-order valence-electron chi connectivity index (χ2n) is 4.45. The smallest absolute Gasteiger partial charge is 0.248 e. The van der Waals surface area contributed by atoms with E-state index in [1.54, 1.807) is 12.1 Å². The summed E-state index contributed by atoms with van der Waals surface area (Å²) in [5, 5.41) is 7.63. The highest BCUT2D eigenvalue weighted by Crippen LogP contribution is 2.15. The van der Waals surface area contributed by atoms with Gasteiger partial charge in [-0.05, 0) is 42.0 Å². The summed E-state index contributed by atoms with van der Waals surface area (Å²) in [6.07, 6.45) is 3.03. The molecule has 7 heteroatoms. The number of primary sulfonamides is 1. The molecule has 0 aliphatic heterocycles. The van der Waals surface area contributed by atoms with Gasteiger partial charge in [-0.1, -0.05) is 34.1 Å². The lowest BCUT2D eigenvalue weighted by Crippen LogP contribution is -2.13. The van der Waals surface area contributed by atoms with E-state index in [0.29, 0.717) is 5.69 Å². The molecular weight excluding hydrogens is 368 g/mol. The van der Waals surface area contributed by atoms with Crippen molar-refractivity contribution in [2.75, 3.05) is 5.32 Å². The summed E-state index contributed by atoms with van der Waals surface area (Å²) in [6.45, 7) is 0. The normalized spacial score (nSPS) is 11.5. The lowest BCUT2D eigenvalue weighted by Gasteiger charge is -2.04. The van der Waals surface area contributed by atoms with E-state index in [0.717, 1.165) is 10.0 Å². The van der Waals surface area contributed by atoms with E-state index in [1.165, 1.54) is 24.3 Å². The van der Waals surface area contributed by atoms with Gasteiger partial charge in [-0.25, -0.2) is 13.6 Å². The van der Waals surface area contributed by atoms with Gasteiger partial charge in [0.25, 0.3) is 0 Å². The number of hydrogen-bond acceptors (Lipinski definition) is 3. The molecule has 0 spiro atoms. The number of benzene rings is 2. The fraction of sp³-hybridized carbons (Fsp3) is 0. The molecule has 0 saturated carbocycles. The van der Waals surface area contributed by atoms with Crippen LogP contribution in [0.25, 0.3) is 6.08 Å². The molecule has 0 radical (unpaired) electrons. The Morgan fingerprint density at radius 3 is 2.45 bits per heavy atom. The van der Waals surface area contributed by atoms with Gasteiger partial charge in [0, 0.05) is 16.2 Å². The van der Waals surface area contributed by atoms with E-state index >= 15 is 0 Å². The Bertz CT molecular complexity index is 815. The maximum absolute atomic E-state index is 11.8. The predicted molar refractivity (Wildman–Crippen MR) is 89.6 cm³/mol. The molecule has 22 heavy (non-hydrogen) atoms. The Morgan fingerprint density at radius 2 is 1.82 bits per heavy atom. The molecule has 2 rings (SSSR count). The lowest BCUT2D eigenvalue weighted by molar-refractivity contribution is -0.111. The van der Waals surface area contributed by atoms with Crippen molar-refractivity contribution in [2.45, 2.75) is 4.90 Å². The van der Waals surface area contributed by atoms with Gasteiger partial charge in [-0.3, -0.25) is 4.79 Å². The van der Waals surface area contributed by atoms with E-state index in [-0.39, 0.29) is 10.8 Å². The molecule has 3 N–H and O–H groups in total. The van der Waals surface area contributed by atoms with Crippen LogP contribution in [0.1, 0.15) is 5.56 Å². The Hall–Kier alpha value is -1.96. The summed E-state index contributed by atoms with van der Waals surface area (Å²) in [4.78, 5) is 11.8. The van der Waals surface area contributed by atoms with Crippen molar-refractivity contribution in [3.8, 4) is 0 Å². The number of amides is 1. The van der Waals surface area contributed by atoms with E-state index in [4.69, 9.17) is 5.14 Å². The van der Waals surface area contributed by atoms with E-state index < -0.39 is 10.0 Å². The molecule has 0 unspecified atom stereocenters. The van der Waals surface area contributed by atoms with Crippen molar-refractivity contribution >= 4 is 43.6 Å². The molecule has 0 fully saturated rings. The van der Waals surface area contributed by atoms with Crippen LogP contribution in [0.3, 0.4) is 0 Å². The molecule has 1 amide bonds. The van der Waals surface area contributed by atoms with Crippen LogP contribution in [-0.2, 0) is 14.8 Å². The number of halogens is 1. The first kappa shape index (κ1) is 16.4. The highest BCUT2D eigenvalue weighted by Gasteiger charge is 2.08. The van der Waals surface area contributed by atoms with Crippen LogP contribution in [0.4, 0.5) is 5.69 Å². The summed E-state index contributed by atoms with van der Waals surface area (Å²) in [6, 6.07) is 13.2. The molecule has 114 valence electrons. The van der Waals surface area contributed by atoms with Gasteiger partial charge in [-0.2, -0.15) is 0 Å². The van der Waals surface area contributed by atoms with E-state index in [9.17, 15) is 13.2 Å². The number of sulfonamides is 1. The molecule has 2 aromatic carbocycles. The minimum atomic E-state index is -3.79. The van der Waals surface area contributed by atoms with Gasteiger partial charge in [-0.15, -0.1) is 0 Å². The maximum atomic E-state index is 11.8. The average molecular weight is 381 g/mol. The summed E-state index contributed by atoms with van der Waals surface area (Å²) in [5.41, 5.74) is 1.23. The monoisotopic (exact) mass is 380 g/mol. The van der Waals surface area contributed by atoms with Crippen LogP contribution in [0.5, 0.6) is 0 Å². The number of carbonyl (C=O) groups is 1. The summed E-state index contributed by atoms with van der Waals surface area (Å²) >= 11 is 3.33. The zero-order chi connectivity index (χ0) is 16.2. The Balaban J connectivity index is 2.07. The van der Waals surface area contributed by atoms with Crippen molar-refractivity contribution in [3.05, 3.63) is 64.6 Å². The average Bonchev–Trinajstić information content (AvgIpc) is 2.46. The number of carbonyl (C=O) groups excluding carboxylic acids is 1. The third-order valence-electron chi connectivity index (χ3n) is 2.73. The van der Waals surface area contributed by atoms with Crippen LogP contribution in [0, 0.1) is 0 Å². The molecule has 0 aliphatic carbocycles. The third-order valence-corrected chi connectivity index (χ3v) is 4.17. The minimum absolute atomic E-state index is 0.0535. The molecule has 0 aromatic heterocycles. The Morgan fingerprint density at radius 1 is 1.14 bits per heavy atom. The fourth-order valence-corrected chi connectivity index (χ4v) is 2.50. The molecule has 0 atom stereocenters. The largest absolute Gasteiger partial charge is 0.322 e. The van der Waals surface area contributed by atoms with Crippen LogP contribution < -0.4 is 10.5 Å². The zero-order valence-corrected chi connectivity index (χ0v) is 13.8. The van der Waals surface area contributed by atoms with Gasteiger partial charge < -0.3 is 5.32 Å². The number of nitrogens with one attached hydrogen (secondary N) is 1. The second-order valence-corrected chi connectivity index (χ2v) is 6.92. The van der Waals surface area contributed by atoms with Crippen LogP contribution in [0.15, 0.2) is 64.0 Å². The van der Waals surface area contributed by atoms with Crippen LogP contribution >= 0.6 is 15.9 Å². The lowest BCUT2D eigenvalue weighted by atomic mass is 10.2. The molecule has 0 bridgehead atoms. The summed E-state index contributed by atoms with van der Waals surface area (Å²) in [7, 11) is -3.79. The second kappa shape index (κ2) is 6.87. The van der Waals surface area contributed by atoms with E-state index in [1.807, 2.05) is 24.3 Å². The number of rotatable bonds is 4. The number of nitrogens with two attached hydrogens (primary N) is 1. The number of anilines is 1. The van der Waals surface area contributed by atoms with Crippen molar-refractivity contribution < 1.29 is 13.2 Å². The Labute approximate surface area is 137 Å². The third kappa shape index (κ3) is 4.80. The predicted octanol–water partition coefficient (Wildman–Crippen LogP) is 2.75. The van der Waals surface area contributed by atoms with Gasteiger partial charge in [0.05, 0.1) is 4.90 Å². The maximum Gasteiger partial charge on any atom is 0.248 e. The fourth-order valence-electron chi connectivity index (χ4n) is 1.68. The molecule has 5 nitrogen and oxygen atoms in total. The molecule has 0 aliphatic rings. The van der Waals surface area contributed by atoms with Gasteiger partial charge in [0.2, 0.25) is 15.9 Å². The van der Waals surface area contributed by atoms with Gasteiger partial charge >= 0.3 is 0 Å². The van der Waals surface area contributed by atoms with Crippen LogP contribution in [-0.4, -0.2) is 14.3 Å². The zero-order valence-electron chi connectivity index (χ0n) is 11.4. The van der Waals surface area contributed by atoms with E-state index in [2.05, 4.69) is 21.2 Å². The van der Waals surface area contributed by atoms with Crippen molar-refractivity contribution in [2.24, 2.45) is 5.14 Å². The topological polar surface area (TPSA) is 89.3 Å². The van der Waals surface area contributed by atoms with Crippen LogP contribution in [0.2, 0.25) is 0 Å². The van der Waals surface area contributed by atoms with Crippen molar-refractivity contribution in [1.82, 2.24) is 0 Å². The SMILES string of the molecule is NS(=O)(=O)c1cccc(NC(=O)/C=C/c2ccc(Br)cc2)c1. The standard InChI is InChI=1S/C15H13BrN2O3S/c16-12-7-4-11(5-8-12)6-9-15(19)18-13-2-1-3-14(10-13)22(17,20)21/h1-10H,(H,18,19)(H2,17,20,21)/b9-6+. The molecular formula is C15H13BrN2O3S. The minimum Gasteiger partial charge on any atom is -0.322 e. The molecule has 2 aromatic rings. The Kier molecular flexibility index (Phi) is 5.12. The highest BCUT2D eigenvalue weighted by molar-refractivity contribution is 9.10. The quantitative estimate of drug-likeness (QED) is 0.799. The molecule has 0 saturated heterocycles. The summed E-state index contributed by atoms with van der Waals surface area (Å²) < 4.78 is 23.5.